The topological polar surface area (TPSA) is 70.2 Å². The molecule has 2 heterocycles. The van der Waals surface area contributed by atoms with E-state index >= 15 is 0 Å². The van der Waals surface area contributed by atoms with E-state index in [2.05, 4.69) is 4.98 Å². The van der Waals surface area contributed by atoms with Crippen LogP contribution in [0.3, 0.4) is 0 Å². The van der Waals surface area contributed by atoms with Crippen molar-refractivity contribution in [2.24, 2.45) is 0 Å². The Morgan fingerprint density at radius 2 is 2.16 bits per heavy atom. The summed E-state index contributed by atoms with van der Waals surface area (Å²) in [4.78, 5) is 14.4. The van der Waals surface area contributed by atoms with Crippen molar-refractivity contribution in [1.82, 2.24) is 9.29 Å². The maximum absolute atomic E-state index is 12.5. The van der Waals surface area contributed by atoms with Crippen molar-refractivity contribution in [3.63, 3.8) is 0 Å². The average Bonchev–Trinajstić information content (AvgIpc) is 2.95. The lowest BCUT2D eigenvalue weighted by Gasteiger charge is -2.18. The molecular formula is C11H14N2O3S3. The first-order valence-electron chi connectivity index (χ1n) is 5.67. The summed E-state index contributed by atoms with van der Waals surface area (Å²) in [7, 11) is -3.61. The number of aromatic nitrogens is 1. The monoisotopic (exact) mass is 318 g/mol. The molecule has 0 spiro atoms. The Morgan fingerprint density at radius 3 is 2.63 bits per heavy atom. The molecule has 104 valence electrons. The summed E-state index contributed by atoms with van der Waals surface area (Å²) in [5.41, 5.74) is 0.402. The van der Waals surface area contributed by atoms with Crippen molar-refractivity contribution in [3.05, 3.63) is 37.8 Å². The highest BCUT2D eigenvalue weighted by atomic mass is 32.2. The minimum absolute atomic E-state index is 0.107. The van der Waals surface area contributed by atoms with Gasteiger partial charge in [-0.2, -0.15) is 4.31 Å². The molecule has 0 saturated heterocycles. The lowest BCUT2D eigenvalue weighted by atomic mass is 10.4. The fraction of sp³-hybridized carbons (Fsp3) is 0.364. The first-order chi connectivity index (χ1) is 8.95. The van der Waals surface area contributed by atoms with Gasteiger partial charge >= 0.3 is 4.87 Å². The smallest absolute Gasteiger partial charge is 0.305 e. The highest BCUT2D eigenvalue weighted by molar-refractivity contribution is 7.91. The molecule has 5 nitrogen and oxygen atoms in total. The van der Waals surface area contributed by atoms with Crippen LogP contribution in [0.2, 0.25) is 0 Å². The number of hydrogen-bond donors (Lipinski definition) is 1. The third-order valence-corrected chi connectivity index (χ3v) is 6.98. The first kappa shape index (κ1) is 14.4. The largest absolute Gasteiger partial charge is 0.315 e. The highest BCUT2D eigenvalue weighted by Gasteiger charge is 2.27. The van der Waals surface area contributed by atoms with E-state index in [4.69, 9.17) is 0 Å². The molecule has 0 aliphatic rings. The van der Waals surface area contributed by atoms with Crippen LogP contribution in [-0.4, -0.2) is 24.3 Å². The Labute approximate surface area is 119 Å². The Bertz CT molecular complexity index is 698. The van der Waals surface area contributed by atoms with E-state index in [1.165, 1.54) is 15.6 Å². The number of aromatic amines is 1. The summed E-state index contributed by atoms with van der Waals surface area (Å²) in [6.07, 6.45) is 0. The molecular weight excluding hydrogens is 304 g/mol. The molecule has 0 radical (unpaired) electrons. The molecule has 0 saturated carbocycles. The minimum atomic E-state index is -3.61. The van der Waals surface area contributed by atoms with Gasteiger partial charge in [-0.1, -0.05) is 24.3 Å². The number of rotatable bonds is 5. The van der Waals surface area contributed by atoms with Crippen molar-refractivity contribution >= 4 is 32.7 Å². The Hall–Kier alpha value is -0.960. The van der Waals surface area contributed by atoms with Gasteiger partial charge in [0.1, 0.15) is 0 Å². The number of nitrogens with zero attached hydrogens (tertiary/aromatic N) is 1. The van der Waals surface area contributed by atoms with Crippen LogP contribution >= 0.6 is 22.7 Å². The molecule has 0 aromatic carbocycles. The minimum Gasteiger partial charge on any atom is -0.315 e. The van der Waals surface area contributed by atoms with E-state index in [-0.39, 0.29) is 9.08 Å². The average molecular weight is 318 g/mol. The Morgan fingerprint density at radius 1 is 1.42 bits per heavy atom. The summed E-state index contributed by atoms with van der Waals surface area (Å²) in [6, 6.07) is 3.79. The van der Waals surface area contributed by atoms with E-state index in [0.29, 0.717) is 18.8 Å². The quantitative estimate of drug-likeness (QED) is 0.917. The van der Waals surface area contributed by atoms with Gasteiger partial charge in [-0.05, 0) is 18.4 Å². The number of nitrogens with one attached hydrogen (secondary N) is 1. The van der Waals surface area contributed by atoms with E-state index in [9.17, 15) is 13.2 Å². The van der Waals surface area contributed by atoms with Gasteiger partial charge in [0.15, 0.2) is 4.21 Å². The molecule has 19 heavy (non-hydrogen) atoms. The van der Waals surface area contributed by atoms with Crippen molar-refractivity contribution in [2.75, 3.05) is 6.54 Å². The molecule has 0 fully saturated rings. The molecule has 0 aliphatic carbocycles. The zero-order chi connectivity index (χ0) is 14.0. The molecule has 2 aromatic rings. The molecule has 0 unspecified atom stereocenters. The van der Waals surface area contributed by atoms with Crippen molar-refractivity contribution < 1.29 is 8.42 Å². The van der Waals surface area contributed by atoms with Gasteiger partial charge in [0.2, 0.25) is 0 Å². The number of thiazole rings is 1. The lowest BCUT2D eigenvalue weighted by molar-refractivity contribution is 0.427. The third kappa shape index (κ3) is 2.97. The predicted molar refractivity (Wildman–Crippen MR) is 77.3 cm³/mol. The van der Waals surface area contributed by atoms with Gasteiger partial charge in [0, 0.05) is 23.7 Å². The second-order valence-electron chi connectivity index (χ2n) is 3.94. The molecule has 2 rings (SSSR count). The van der Waals surface area contributed by atoms with E-state index in [0.717, 1.165) is 16.2 Å². The van der Waals surface area contributed by atoms with Gasteiger partial charge in [-0.15, -0.1) is 11.3 Å². The Balaban J connectivity index is 2.36. The standard InChI is InChI=1S/C11H14N2O3S3/c1-3-13(7-9-5-4-6-17-9)19(15,16)10-8(2)12-11(14)18-10/h4-6H,3,7H2,1-2H3,(H,12,14). The maximum atomic E-state index is 12.5. The number of hydrogen-bond acceptors (Lipinski definition) is 5. The van der Waals surface area contributed by atoms with Gasteiger partial charge in [0.25, 0.3) is 10.0 Å². The molecule has 1 N–H and O–H groups in total. The highest BCUT2D eigenvalue weighted by Crippen LogP contribution is 2.23. The fourth-order valence-electron chi connectivity index (χ4n) is 1.70. The predicted octanol–water partition coefficient (Wildman–Crippen LogP) is 2.02. The zero-order valence-corrected chi connectivity index (χ0v) is 13.0. The summed E-state index contributed by atoms with van der Waals surface area (Å²) in [5.74, 6) is 0. The molecule has 0 bridgehead atoms. The van der Waals surface area contributed by atoms with Crippen LogP contribution in [-0.2, 0) is 16.6 Å². The summed E-state index contributed by atoms with van der Waals surface area (Å²) in [6.45, 7) is 4.09. The SMILES string of the molecule is CCN(Cc1cccs1)S(=O)(=O)c1sc(=O)[nH]c1C. The second-order valence-corrected chi connectivity index (χ2v) is 8.09. The van der Waals surface area contributed by atoms with Crippen LogP contribution in [0.4, 0.5) is 0 Å². The summed E-state index contributed by atoms with van der Waals surface area (Å²) >= 11 is 2.26. The van der Waals surface area contributed by atoms with Crippen LogP contribution in [0.25, 0.3) is 0 Å². The van der Waals surface area contributed by atoms with Crippen LogP contribution in [0.15, 0.2) is 26.5 Å². The van der Waals surface area contributed by atoms with Gasteiger partial charge in [0.05, 0.1) is 0 Å². The molecule has 0 amide bonds. The van der Waals surface area contributed by atoms with Crippen LogP contribution in [0, 0.1) is 6.92 Å². The number of thiophene rings is 1. The van der Waals surface area contributed by atoms with Crippen molar-refractivity contribution in [1.29, 1.82) is 0 Å². The number of H-pyrrole nitrogens is 1. The fourth-order valence-corrected chi connectivity index (χ4v) is 5.36. The van der Waals surface area contributed by atoms with E-state index in [1.54, 1.807) is 13.8 Å². The molecule has 2 aromatic heterocycles. The van der Waals surface area contributed by atoms with E-state index in [1.807, 2.05) is 17.5 Å². The van der Waals surface area contributed by atoms with Crippen LogP contribution in [0.1, 0.15) is 17.5 Å². The normalized spacial score (nSPS) is 12.2. The van der Waals surface area contributed by atoms with Gasteiger partial charge in [-0.25, -0.2) is 8.42 Å². The van der Waals surface area contributed by atoms with Crippen molar-refractivity contribution in [2.45, 2.75) is 24.6 Å². The van der Waals surface area contributed by atoms with Crippen LogP contribution in [0.5, 0.6) is 0 Å². The van der Waals surface area contributed by atoms with Gasteiger partial charge < -0.3 is 4.98 Å². The Kier molecular flexibility index (Phi) is 4.24. The number of sulfonamides is 1. The second kappa shape index (κ2) is 5.58. The van der Waals surface area contributed by atoms with E-state index < -0.39 is 10.0 Å². The first-order valence-corrected chi connectivity index (χ1v) is 8.81. The lowest BCUT2D eigenvalue weighted by Crippen LogP contribution is -2.30. The number of aryl methyl sites for hydroxylation is 1. The molecule has 0 aliphatic heterocycles. The molecule has 0 atom stereocenters. The van der Waals surface area contributed by atoms with Crippen LogP contribution < -0.4 is 4.87 Å². The third-order valence-electron chi connectivity index (χ3n) is 2.62. The van der Waals surface area contributed by atoms with Crippen molar-refractivity contribution in [3.8, 4) is 0 Å². The summed E-state index contributed by atoms with van der Waals surface area (Å²) in [5, 5.41) is 1.91. The molecule has 8 heteroatoms. The summed E-state index contributed by atoms with van der Waals surface area (Å²) < 4.78 is 26.5. The zero-order valence-electron chi connectivity index (χ0n) is 10.5. The van der Waals surface area contributed by atoms with Gasteiger partial charge in [-0.3, -0.25) is 4.79 Å². The maximum Gasteiger partial charge on any atom is 0.305 e.